The second-order valence-electron chi connectivity index (χ2n) is 6.01. The zero-order valence-electron chi connectivity index (χ0n) is 14.1. The largest absolute Gasteiger partial charge is 0.480 e. The van der Waals surface area contributed by atoms with Crippen molar-refractivity contribution in [1.29, 1.82) is 0 Å². The summed E-state index contributed by atoms with van der Waals surface area (Å²) in [5.74, 6) is -1.15. The first-order valence-corrected chi connectivity index (χ1v) is 8.29. The van der Waals surface area contributed by atoms with Gasteiger partial charge in [0, 0.05) is 5.92 Å². The van der Waals surface area contributed by atoms with Crippen LogP contribution in [-0.2, 0) is 14.4 Å². The molecule has 1 aliphatic rings. The summed E-state index contributed by atoms with van der Waals surface area (Å²) < 4.78 is 5.27. The quantitative estimate of drug-likeness (QED) is 0.518. The number of carbonyl (C=O) groups excluding carboxylic acids is 1. The molecule has 0 aliphatic heterocycles. The number of amides is 1. The fourth-order valence-electron chi connectivity index (χ4n) is 3.05. The van der Waals surface area contributed by atoms with Crippen LogP contribution >= 0.6 is 0 Å². The van der Waals surface area contributed by atoms with Crippen LogP contribution in [0.3, 0.4) is 0 Å². The lowest BCUT2D eigenvalue weighted by Gasteiger charge is -2.14. The van der Waals surface area contributed by atoms with Crippen molar-refractivity contribution in [2.24, 2.45) is 5.73 Å². The molecule has 0 bridgehead atoms. The number of benzene rings is 2. The van der Waals surface area contributed by atoms with E-state index in [1.54, 1.807) is 0 Å². The highest BCUT2D eigenvalue weighted by Crippen LogP contribution is 2.44. The van der Waals surface area contributed by atoms with Crippen molar-refractivity contribution in [1.82, 2.24) is 5.48 Å². The van der Waals surface area contributed by atoms with Gasteiger partial charge in [-0.2, -0.15) is 5.48 Å². The van der Waals surface area contributed by atoms with E-state index in [4.69, 9.17) is 20.4 Å². The number of carboxylic acids is 1. The molecule has 1 atom stereocenters. The summed E-state index contributed by atoms with van der Waals surface area (Å²) in [6.07, 6.45) is -0.644. The molecule has 0 radical (unpaired) electrons. The predicted octanol–water partition coefficient (Wildman–Crippen LogP) is 2.26. The molecule has 0 spiro atoms. The summed E-state index contributed by atoms with van der Waals surface area (Å²) in [5, 5.41) is 8.66. The number of fused-ring (bicyclic) bond motifs is 3. The van der Waals surface area contributed by atoms with E-state index in [1.807, 2.05) is 36.4 Å². The van der Waals surface area contributed by atoms with Crippen molar-refractivity contribution in [2.45, 2.75) is 18.4 Å². The Balaban J connectivity index is 1.53. The number of hydrogen-bond acceptors (Lipinski definition) is 5. The monoisotopic (exact) mass is 356 g/mol. The van der Waals surface area contributed by atoms with Crippen molar-refractivity contribution in [2.75, 3.05) is 13.2 Å². The Morgan fingerprint density at radius 2 is 1.65 bits per heavy atom. The zero-order valence-corrected chi connectivity index (χ0v) is 14.1. The summed E-state index contributed by atoms with van der Waals surface area (Å²) in [6, 6.07) is 15.1. The van der Waals surface area contributed by atoms with Gasteiger partial charge in [0.1, 0.15) is 12.6 Å². The fraction of sp³-hybridized carbons (Fsp3) is 0.263. The lowest BCUT2D eigenvalue weighted by Crippen LogP contribution is -2.33. The van der Waals surface area contributed by atoms with Crippen LogP contribution < -0.4 is 11.2 Å². The van der Waals surface area contributed by atoms with Crippen LogP contribution in [0.1, 0.15) is 23.5 Å². The van der Waals surface area contributed by atoms with Gasteiger partial charge in [-0.15, -0.1) is 0 Å². The minimum absolute atomic E-state index is 0.0162. The number of rotatable bonds is 7. The van der Waals surface area contributed by atoms with E-state index in [1.165, 1.54) is 0 Å². The summed E-state index contributed by atoms with van der Waals surface area (Å²) in [4.78, 5) is 27.3. The standard InChI is InChI=1S/C19H20N2O5/c20-17(18(22)23)9-10-26-21-19(24)25-11-16-14-7-3-1-5-12(14)13-6-2-4-8-15(13)16/h1-8,16-17H,9-11,20H2,(H,21,24)(H,22,23)/t17-/m0/s1. The average molecular weight is 356 g/mol. The Morgan fingerprint density at radius 1 is 1.08 bits per heavy atom. The Morgan fingerprint density at radius 3 is 2.23 bits per heavy atom. The topological polar surface area (TPSA) is 111 Å². The van der Waals surface area contributed by atoms with E-state index in [-0.39, 0.29) is 25.6 Å². The maximum absolute atomic E-state index is 11.8. The normalized spacial score (nSPS) is 13.6. The molecule has 7 nitrogen and oxygen atoms in total. The second-order valence-corrected chi connectivity index (χ2v) is 6.01. The molecule has 0 saturated carbocycles. The molecule has 0 fully saturated rings. The average Bonchev–Trinajstić information content (AvgIpc) is 2.97. The number of ether oxygens (including phenoxy) is 1. The molecule has 7 heteroatoms. The molecule has 4 N–H and O–H groups in total. The van der Waals surface area contributed by atoms with Gasteiger partial charge in [-0.05, 0) is 28.7 Å². The van der Waals surface area contributed by atoms with Gasteiger partial charge in [0.25, 0.3) is 0 Å². The van der Waals surface area contributed by atoms with E-state index in [0.717, 1.165) is 22.3 Å². The minimum Gasteiger partial charge on any atom is -0.480 e. The number of aliphatic carboxylic acids is 1. The highest BCUT2D eigenvalue weighted by molar-refractivity contribution is 5.79. The van der Waals surface area contributed by atoms with Crippen molar-refractivity contribution in [3.63, 3.8) is 0 Å². The lowest BCUT2D eigenvalue weighted by atomic mass is 9.98. The molecule has 2 aromatic rings. The Kier molecular flexibility index (Phi) is 5.50. The zero-order chi connectivity index (χ0) is 18.5. The lowest BCUT2D eigenvalue weighted by molar-refractivity contribution is -0.139. The number of carbonyl (C=O) groups is 2. The number of nitrogens with two attached hydrogens (primary N) is 1. The van der Waals surface area contributed by atoms with Gasteiger partial charge >= 0.3 is 12.1 Å². The van der Waals surface area contributed by atoms with Gasteiger partial charge < -0.3 is 15.6 Å². The number of hydrogen-bond donors (Lipinski definition) is 3. The van der Waals surface area contributed by atoms with Gasteiger partial charge in [-0.1, -0.05) is 48.5 Å². The molecule has 0 aromatic heterocycles. The van der Waals surface area contributed by atoms with Gasteiger partial charge in [0.2, 0.25) is 0 Å². The molecular weight excluding hydrogens is 336 g/mol. The Bertz CT molecular complexity index is 763. The van der Waals surface area contributed by atoms with E-state index in [9.17, 15) is 9.59 Å². The van der Waals surface area contributed by atoms with Crippen LogP contribution in [0.2, 0.25) is 0 Å². The smallest absolute Gasteiger partial charge is 0.431 e. The first-order valence-electron chi connectivity index (χ1n) is 8.29. The van der Waals surface area contributed by atoms with Crippen molar-refractivity contribution < 1.29 is 24.3 Å². The van der Waals surface area contributed by atoms with Gasteiger partial charge in [0.05, 0.1) is 6.61 Å². The molecule has 0 saturated heterocycles. The first-order chi connectivity index (χ1) is 12.6. The van der Waals surface area contributed by atoms with E-state index in [0.29, 0.717) is 0 Å². The molecule has 3 rings (SSSR count). The molecule has 1 amide bonds. The summed E-state index contributed by atoms with van der Waals surface area (Å²) in [6.45, 7) is 0.162. The fourth-order valence-corrected chi connectivity index (χ4v) is 3.05. The molecule has 136 valence electrons. The molecule has 2 aromatic carbocycles. The highest BCUT2D eigenvalue weighted by Gasteiger charge is 2.28. The molecule has 0 heterocycles. The molecule has 1 aliphatic carbocycles. The number of nitrogens with one attached hydrogen (secondary N) is 1. The van der Waals surface area contributed by atoms with E-state index < -0.39 is 18.1 Å². The third-order valence-electron chi connectivity index (χ3n) is 4.35. The predicted molar refractivity (Wildman–Crippen MR) is 94.4 cm³/mol. The summed E-state index contributed by atoms with van der Waals surface area (Å²) >= 11 is 0. The first kappa shape index (κ1) is 17.9. The Hall–Kier alpha value is -2.90. The van der Waals surface area contributed by atoms with Gasteiger partial charge in [-0.25, -0.2) is 4.79 Å². The summed E-state index contributed by atoms with van der Waals surface area (Å²) in [7, 11) is 0. The van der Waals surface area contributed by atoms with Gasteiger partial charge in [0.15, 0.2) is 0 Å². The van der Waals surface area contributed by atoms with Gasteiger partial charge in [-0.3, -0.25) is 9.63 Å². The third-order valence-corrected chi connectivity index (χ3v) is 4.35. The van der Waals surface area contributed by atoms with Crippen LogP contribution in [0.25, 0.3) is 11.1 Å². The highest BCUT2D eigenvalue weighted by atomic mass is 16.7. The van der Waals surface area contributed by atoms with Crippen LogP contribution in [0.5, 0.6) is 0 Å². The van der Waals surface area contributed by atoms with Crippen LogP contribution in [0.4, 0.5) is 4.79 Å². The van der Waals surface area contributed by atoms with Crippen molar-refractivity contribution in [3.05, 3.63) is 59.7 Å². The second kappa shape index (κ2) is 7.99. The molecular formula is C19H20N2O5. The van der Waals surface area contributed by atoms with Crippen LogP contribution in [-0.4, -0.2) is 36.4 Å². The number of carboxylic acid groups (broad SMARTS) is 1. The van der Waals surface area contributed by atoms with Crippen molar-refractivity contribution >= 4 is 12.1 Å². The maximum Gasteiger partial charge on any atom is 0.431 e. The molecule has 26 heavy (non-hydrogen) atoms. The number of hydroxylamine groups is 1. The third kappa shape index (κ3) is 3.84. The summed E-state index contributed by atoms with van der Waals surface area (Å²) in [5.41, 5.74) is 12.0. The SMILES string of the molecule is N[C@@H](CCONC(=O)OCC1c2ccccc2-c2ccccc21)C(=O)O. The van der Waals surface area contributed by atoms with Crippen LogP contribution in [0, 0.1) is 0 Å². The van der Waals surface area contributed by atoms with Crippen LogP contribution in [0.15, 0.2) is 48.5 Å². The van der Waals surface area contributed by atoms with E-state index in [2.05, 4.69) is 17.6 Å². The molecule has 0 unspecified atom stereocenters. The maximum atomic E-state index is 11.8. The Labute approximate surface area is 150 Å². The van der Waals surface area contributed by atoms with Crippen molar-refractivity contribution in [3.8, 4) is 11.1 Å². The minimum atomic E-state index is -1.12. The van der Waals surface area contributed by atoms with E-state index >= 15 is 0 Å².